The molecule has 0 aliphatic heterocycles. The Hall–Kier alpha value is -0.290. The molecular formula is C6H11ClO4. The molecule has 2 N–H and O–H groups in total. The van der Waals surface area contributed by atoms with E-state index in [9.17, 15) is 0 Å². The van der Waals surface area contributed by atoms with Crippen molar-refractivity contribution < 1.29 is 19.5 Å². The first kappa shape index (κ1) is 10.7. The summed E-state index contributed by atoms with van der Waals surface area (Å²) in [4.78, 5) is 3.97. The van der Waals surface area contributed by atoms with Gasteiger partial charge in [-0.3, -0.25) is 4.29 Å². The van der Waals surface area contributed by atoms with E-state index in [1.807, 2.05) is 0 Å². The summed E-state index contributed by atoms with van der Waals surface area (Å²) >= 11 is 5.00. The largest absolute Gasteiger partial charge is 0.393 e. The molecule has 1 atom stereocenters. The molecule has 5 heteroatoms. The van der Waals surface area contributed by atoms with Crippen molar-refractivity contribution in [2.45, 2.75) is 20.0 Å². The highest BCUT2D eigenvalue weighted by molar-refractivity contribution is 6.07. The summed E-state index contributed by atoms with van der Waals surface area (Å²) < 4.78 is 4.29. The van der Waals surface area contributed by atoms with E-state index < -0.39 is 6.10 Å². The Morgan fingerprint density at radius 3 is 2.18 bits per heavy atom. The van der Waals surface area contributed by atoms with Crippen molar-refractivity contribution in [1.29, 1.82) is 0 Å². The lowest BCUT2D eigenvalue weighted by Gasteiger charge is -2.12. The van der Waals surface area contributed by atoms with Crippen molar-refractivity contribution in [3.8, 4) is 0 Å². The van der Waals surface area contributed by atoms with Crippen molar-refractivity contribution in [2.75, 3.05) is 6.61 Å². The van der Waals surface area contributed by atoms with Crippen LogP contribution in [0.25, 0.3) is 0 Å². The highest BCUT2D eigenvalue weighted by Crippen LogP contribution is 2.13. The summed E-state index contributed by atoms with van der Waals surface area (Å²) in [5.74, 6) is 0.127. The fourth-order valence-corrected chi connectivity index (χ4v) is 0.761. The first-order valence-electron chi connectivity index (χ1n) is 3.04. The summed E-state index contributed by atoms with van der Waals surface area (Å²) in [5.41, 5.74) is 0.687. The van der Waals surface area contributed by atoms with Crippen LogP contribution in [0.4, 0.5) is 0 Å². The van der Waals surface area contributed by atoms with Gasteiger partial charge in [-0.15, -0.1) is 0 Å². The van der Waals surface area contributed by atoms with E-state index in [1.165, 1.54) is 0 Å². The van der Waals surface area contributed by atoms with Crippen LogP contribution < -0.4 is 0 Å². The standard InChI is InChI=1S/C6H11ClO4/c1-4(2)6(11-9)5(3-8)10-7/h5,8-9H,3H2,1-2H3. The molecule has 4 nitrogen and oxygen atoms in total. The molecular weight excluding hydrogens is 172 g/mol. The molecule has 0 saturated heterocycles. The SMILES string of the molecule is CC(C)=C(OO)C(CO)OCl. The molecule has 0 amide bonds. The predicted octanol–water partition coefficient (Wildman–Crippen LogP) is 1.30. The van der Waals surface area contributed by atoms with Gasteiger partial charge in [0, 0.05) is 0 Å². The van der Waals surface area contributed by atoms with Crippen LogP contribution in [0.15, 0.2) is 11.3 Å². The molecule has 0 aliphatic rings. The Morgan fingerprint density at radius 1 is 1.55 bits per heavy atom. The molecule has 1 unspecified atom stereocenters. The second-order valence-electron chi connectivity index (χ2n) is 2.22. The zero-order chi connectivity index (χ0) is 8.85. The van der Waals surface area contributed by atoms with Crippen LogP contribution in [0, 0.1) is 0 Å². The van der Waals surface area contributed by atoms with E-state index in [0.29, 0.717) is 5.57 Å². The Bertz CT molecular complexity index is 138. The molecule has 0 aromatic carbocycles. The monoisotopic (exact) mass is 182 g/mol. The van der Waals surface area contributed by atoms with Crippen LogP contribution in [0.2, 0.25) is 0 Å². The number of allylic oxidation sites excluding steroid dienone is 1. The second kappa shape index (κ2) is 5.37. The quantitative estimate of drug-likeness (QED) is 0.391. The Balaban J connectivity index is 4.35. The van der Waals surface area contributed by atoms with Crippen molar-refractivity contribution in [1.82, 2.24) is 0 Å². The molecule has 0 heterocycles. The normalized spacial score (nSPS) is 12.5. The van der Waals surface area contributed by atoms with Gasteiger partial charge in [0.2, 0.25) is 0 Å². The van der Waals surface area contributed by atoms with Crippen molar-refractivity contribution in [3.05, 3.63) is 11.3 Å². The molecule has 0 aromatic rings. The lowest BCUT2D eigenvalue weighted by Crippen LogP contribution is -2.18. The van der Waals surface area contributed by atoms with Gasteiger partial charge in [0.05, 0.1) is 18.5 Å². The summed E-state index contributed by atoms with van der Waals surface area (Å²) in [6, 6.07) is 0. The summed E-state index contributed by atoms with van der Waals surface area (Å²) in [7, 11) is 0. The summed E-state index contributed by atoms with van der Waals surface area (Å²) in [6.45, 7) is 3.05. The molecule has 0 fully saturated rings. The third kappa shape index (κ3) is 3.07. The molecule has 0 saturated carbocycles. The van der Waals surface area contributed by atoms with Gasteiger partial charge in [-0.25, -0.2) is 5.26 Å². The zero-order valence-corrected chi connectivity index (χ0v) is 7.13. The Kier molecular flexibility index (Phi) is 5.23. The predicted molar refractivity (Wildman–Crippen MR) is 39.9 cm³/mol. The lowest BCUT2D eigenvalue weighted by atomic mass is 10.2. The van der Waals surface area contributed by atoms with Gasteiger partial charge in [0.15, 0.2) is 11.9 Å². The maximum Gasteiger partial charge on any atom is 0.173 e. The van der Waals surface area contributed by atoms with Crippen LogP contribution in [0.5, 0.6) is 0 Å². The van der Waals surface area contributed by atoms with E-state index in [-0.39, 0.29) is 12.4 Å². The van der Waals surface area contributed by atoms with Crippen molar-refractivity contribution in [2.24, 2.45) is 0 Å². The highest BCUT2D eigenvalue weighted by atomic mass is 35.5. The van der Waals surface area contributed by atoms with E-state index in [0.717, 1.165) is 0 Å². The van der Waals surface area contributed by atoms with Crippen LogP contribution in [-0.2, 0) is 9.18 Å². The van der Waals surface area contributed by atoms with Gasteiger partial charge in [0.25, 0.3) is 0 Å². The van der Waals surface area contributed by atoms with Gasteiger partial charge >= 0.3 is 0 Å². The van der Waals surface area contributed by atoms with E-state index in [4.69, 9.17) is 22.2 Å². The molecule has 66 valence electrons. The van der Waals surface area contributed by atoms with Gasteiger partial charge in [0.1, 0.15) is 0 Å². The minimum absolute atomic E-state index is 0.127. The molecule has 0 spiro atoms. The highest BCUT2D eigenvalue weighted by Gasteiger charge is 2.17. The van der Waals surface area contributed by atoms with Crippen LogP contribution in [0.3, 0.4) is 0 Å². The first-order chi connectivity index (χ1) is 5.17. The number of aliphatic hydroxyl groups is 1. The zero-order valence-electron chi connectivity index (χ0n) is 6.37. The van der Waals surface area contributed by atoms with Gasteiger partial charge in [-0.2, -0.15) is 0 Å². The average Bonchev–Trinajstić information content (AvgIpc) is 1.99. The van der Waals surface area contributed by atoms with Gasteiger partial charge in [-0.05, 0) is 19.4 Å². The third-order valence-corrected chi connectivity index (χ3v) is 1.37. The van der Waals surface area contributed by atoms with Gasteiger partial charge < -0.3 is 9.99 Å². The number of hydrogen-bond donors (Lipinski definition) is 2. The first-order valence-corrected chi connectivity index (χ1v) is 3.35. The smallest absolute Gasteiger partial charge is 0.173 e. The van der Waals surface area contributed by atoms with Crippen LogP contribution in [0.1, 0.15) is 13.8 Å². The van der Waals surface area contributed by atoms with E-state index in [1.54, 1.807) is 13.8 Å². The molecule has 0 bridgehead atoms. The third-order valence-electron chi connectivity index (χ3n) is 1.16. The molecule has 0 aliphatic carbocycles. The molecule has 0 aromatic heterocycles. The number of halogens is 1. The fourth-order valence-electron chi connectivity index (χ4n) is 0.624. The van der Waals surface area contributed by atoms with Crippen LogP contribution >= 0.6 is 11.9 Å². The number of hydrogen-bond acceptors (Lipinski definition) is 4. The molecule has 11 heavy (non-hydrogen) atoms. The molecule has 0 radical (unpaired) electrons. The second-order valence-corrected chi connectivity index (χ2v) is 2.39. The van der Waals surface area contributed by atoms with Crippen LogP contribution in [-0.4, -0.2) is 23.1 Å². The summed E-state index contributed by atoms with van der Waals surface area (Å²) in [6.07, 6.45) is -0.813. The summed E-state index contributed by atoms with van der Waals surface area (Å²) in [5, 5.41) is 17.0. The Morgan fingerprint density at radius 2 is 2.09 bits per heavy atom. The maximum absolute atomic E-state index is 8.64. The number of rotatable bonds is 4. The minimum atomic E-state index is -0.813. The molecule has 0 rings (SSSR count). The van der Waals surface area contributed by atoms with Crippen molar-refractivity contribution >= 4 is 11.9 Å². The van der Waals surface area contributed by atoms with E-state index >= 15 is 0 Å². The van der Waals surface area contributed by atoms with Gasteiger partial charge in [-0.1, -0.05) is 0 Å². The maximum atomic E-state index is 8.64. The van der Waals surface area contributed by atoms with E-state index in [2.05, 4.69) is 9.18 Å². The lowest BCUT2D eigenvalue weighted by molar-refractivity contribution is -0.217. The van der Waals surface area contributed by atoms with Crippen molar-refractivity contribution in [3.63, 3.8) is 0 Å². The fraction of sp³-hybridized carbons (Fsp3) is 0.667. The minimum Gasteiger partial charge on any atom is -0.393 e. The Labute approximate surface area is 70.1 Å². The number of aliphatic hydroxyl groups excluding tert-OH is 1. The topological polar surface area (TPSA) is 58.9 Å². The average molecular weight is 183 g/mol.